The second-order valence-corrected chi connectivity index (χ2v) is 9.65. The number of nitrogen functional groups attached to an aromatic ring is 1. The van der Waals surface area contributed by atoms with Crippen molar-refractivity contribution in [2.24, 2.45) is 17.6 Å². The van der Waals surface area contributed by atoms with Gasteiger partial charge in [-0.05, 0) is 13.3 Å². The van der Waals surface area contributed by atoms with Crippen molar-refractivity contribution in [2.75, 3.05) is 24.7 Å². The molecule has 0 bridgehead atoms. The number of carbonyl (C=O) groups is 3. The smallest absolute Gasteiger partial charge is 0.255 e. The Morgan fingerprint density at radius 1 is 1.18 bits per heavy atom. The van der Waals surface area contributed by atoms with Crippen LogP contribution in [0.5, 0.6) is 5.75 Å². The minimum absolute atomic E-state index is 0.00147. The van der Waals surface area contributed by atoms with Crippen molar-refractivity contribution >= 4 is 46.2 Å². The van der Waals surface area contributed by atoms with Gasteiger partial charge in [0.2, 0.25) is 5.78 Å². The molecule has 0 saturated heterocycles. The molecule has 0 heterocycles. The Morgan fingerprint density at radius 3 is 2.29 bits per heavy atom. The summed E-state index contributed by atoms with van der Waals surface area (Å²) in [5.41, 5.74) is 4.52. The largest absolute Gasteiger partial charge is 0.508 e. The highest BCUT2D eigenvalue weighted by Crippen LogP contribution is 2.60. The van der Waals surface area contributed by atoms with E-state index < -0.39 is 75.3 Å². The van der Waals surface area contributed by atoms with Crippen molar-refractivity contribution in [3.63, 3.8) is 0 Å². The predicted octanol–water partition coefficient (Wildman–Crippen LogP) is 0.390. The molecule has 3 aliphatic rings. The van der Waals surface area contributed by atoms with E-state index in [2.05, 4.69) is 0 Å². The Labute approximate surface area is 198 Å². The molecule has 0 aromatic heterocycles. The first-order chi connectivity index (χ1) is 15.6. The highest BCUT2D eigenvalue weighted by molar-refractivity contribution is 6.36. The minimum atomic E-state index is -2.75. The summed E-state index contributed by atoms with van der Waals surface area (Å²) in [6, 6.07) is 0. The summed E-state index contributed by atoms with van der Waals surface area (Å²) in [5, 5.41) is 55.5. The van der Waals surface area contributed by atoms with E-state index in [1.165, 1.54) is 11.8 Å². The van der Waals surface area contributed by atoms with Crippen molar-refractivity contribution in [1.29, 1.82) is 0 Å². The molecule has 34 heavy (non-hydrogen) atoms. The molecule has 0 unspecified atom stereocenters. The van der Waals surface area contributed by atoms with Gasteiger partial charge in [-0.3, -0.25) is 14.4 Å². The Balaban J connectivity index is 2.09. The lowest BCUT2D eigenvalue weighted by atomic mass is 9.55. The van der Waals surface area contributed by atoms with Gasteiger partial charge in [0.15, 0.2) is 17.1 Å². The Hall–Kier alpha value is -3.28. The van der Waals surface area contributed by atoms with E-state index in [4.69, 9.17) is 23.1 Å². The number of nitrogens with two attached hydrogens (primary N) is 2. The van der Waals surface area contributed by atoms with E-state index in [-0.39, 0.29) is 33.9 Å². The lowest BCUT2D eigenvalue weighted by molar-refractivity contribution is -0.152. The molecule has 0 radical (unpaired) electrons. The zero-order valence-corrected chi connectivity index (χ0v) is 19.3. The molecular weight excluding hydrogens is 470 g/mol. The fourth-order valence-electron chi connectivity index (χ4n) is 5.50. The molecule has 1 fully saturated rings. The lowest BCUT2D eigenvalue weighted by Crippen LogP contribution is -2.60. The summed E-state index contributed by atoms with van der Waals surface area (Å²) in [5.74, 6) is -8.49. The number of aliphatic hydroxyl groups is 4. The molecule has 12 heteroatoms. The van der Waals surface area contributed by atoms with Gasteiger partial charge in [0.1, 0.15) is 17.1 Å². The second-order valence-electron chi connectivity index (χ2n) is 9.27. The van der Waals surface area contributed by atoms with Crippen molar-refractivity contribution in [2.45, 2.75) is 31.0 Å². The minimum Gasteiger partial charge on any atom is -0.508 e. The maximum atomic E-state index is 13.6. The number of hydrogen-bond donors (Lipinski definition) is 7. The first-order valence-electron chi connectivity index (χ1n) is 10.3. The number of hydrogen-bond acceptors (Lipinski definition) is 10. The number of phenolic OH excluding ortho intramolecular Hbond substituents is 1. The van der Waals surface area contributed by atoms with Crippen molar-refractivity contribution in [3.05, 3.63) is 33.1 Å². The highest BCUT2D eigenvalue weighted by atomic mass is 35.5. The molecule has 0 aliphatic heterocycles. The Morgan fingerprint density at radius 2 is 1.76 bits per heavy atom. The van der Waals surface area contributed by atoms with Crippen LogP contribution in [0, 0.1) is 11.8 Å². The number of aliphatic hydroxyl groups excluding tert-OH is 2. The summed E-state index contributed by atoms with van der Waals surface area (Å²) in [7, 11) is 3.20. The number of phenols is 1. The standard InChI is InChI=1S/C22H24ClN3O8/c1-21(33)7-4-6-5-8(27)10(20(25)32)19(31)22(6,34)18(30)9(7)16(28)11-12(21)15(26(2)3)13(23)14(24)17(11)29/h6-7,28-29,31,33-34H,4-5,24H2,1-3H3,(H2,25,32)/t6-,7-,21+,22-/m0/s1. The van der Waals surface area contributed by atoms with Crippen LogP contribution in [0.1, 0.15) is 30.9 Å². The number of benzene rings is 1. The number of primary amides is 1. The van der Waals surface area contributed by atoms with E-state index in [1.807, 2.05) is 0 Å². The molecule has 3 aliphatic carbocycles. The molecular formula is C22H24ClN3O8. The molecule has 182 valence electrons. The van der Waals surface area contributed by atoms with Gasteiger partial charge >= 0.3 is 0 Å². The quantitative estimate of drug-likeness (QED) is 0.171. The first-order valence-corrected chi connectivity index (χ1v) is 10.7. The van der Waals surface area contributed by atoms with E-state index in [9.17, 15) is 39.9 Å². The maximum absolute atomic E-state index is 13.6. The van der Waals surface area contributed by atoms with Crippen LogP contribution in [-0.2, 0) is 20.0 Å². The molecule has 4 rings (SSSR count). The monoisotopic (exact) mass is 493 g/mol. The summed E-state index contributed by atoms with van der Waals surface area (Å²) < 4.78 is 0. The van der Waals surface area contributed by atoms with E-state index in [0.29, 0.717) is 0 Å². The summed E-state index contributed by atoms with van der Waals surface area (Å²) >= 11 is 6.36. The van der Waals surface area contributed by atoms with Crippen LogP contribution in [0.15, 0.2) is 16.9 Å². The van der Waals surface area contributed by atoms with Crippen LogP contribution in [0.25, 0.3) is 5.76 Å². The molecule has 0 spiro atoms. The van der Waals surface area contributed by atoms with E-state index in [0.717, 1.165) is 0 Å². The van der Waals surface area contributed by atoms with Crippen LogP contribution in [0.4, 0.5) is 11.4 Å². The SMILES string of the molecule is CN(C)c1c(Cl)c(N)c(O)c2c1[C@](C)(O)[C@H]1C[C@H]3CC(=O)C(C(N)=O)=C(O)[C@@]3(O)C(=O)C1=C2O. The van der Waals surface area contributed by atoms with Gasteiger partial charge < -0.3 is 41.9 Å². The third kappa shape index (κ3) is 2.68. The van der Waals surface area contributed by atoms with E-state index in [1.54, 1.807) is 14.1 Å². The second kappa shape index (κ2) is 7.11. The van der Waals surface area contributed by atoms with Crippen molar-refractivity contribution in [3.8, 4) is 5.75 Å². The molecule has 1 aromatic rings. The highest BCUT2D eigenvalue weighted by Gasteiger charge is 2.64. The van der Waals surface area contributed by atoms with Gasteiger partial charge in [-0.25, -0.2) is 0 Å². The van der Waals surface area contributed by atoms with Crippen LogP contribution < -0.4 is 16.4 Å². The average Bonchev–Trinajstić information content (AvgIpc) is 2.72. The molecule has 1 aromatic carbocycles. The maximum Gasteiger partial charge on any atom is 0.255 e. The van der Waals surface area contributed by atoms with Gasteiger partial charge in [-0.15, -0.1) is 0 Å². The number of halogens is 1. The lowest BCUT2D eigenvalue weighted by Gasteiger charge is -2.50. The Bertz CT molecular complexity index is 1270. The molecule has 11 nitrogen and oxygen atoms in total. The average molecular weight is 494 g/mol. The number of ketones is 2. The molecule has 4 atom stereocenters. The number of amides is 1. The predicted molar refractivity (Wildman–Crippen MR) is 121 cm³/mol. The number of Topliss-reactive ketones (excluding diaryl/α,β-unsaturated/α-hetero) is 2. The van der Waals surface area contributed by atoms with Gasteiger partial charge in [0.25, 0.3) is 5.91 Å². The van der Waals surface area contributed by atoms with Gasteiger partial charge in [-0.2, -0.15) is 0 Å². The topological polar surface area (TPSA) is 208 Å². The number of fused-ring (bicyclic) bond motifs is 3. The first kappa shape index (κ1) is 23.9. The Kier molecular flexibility index (Phi) is 4.99. The van der Waals surface area contributed by atoms with Gasteiger partial charge in [0, 0.05) is 43.5 Å². The van der Waals surface area contributed by atoms with Gasteiger partial charge in [-0.1, -0.05) is 11.6 Å². The van der Waals surface area contributed by atoms with Crippen LogP contribution in [0.3, 0.4) is 0 Å². The number of carbonyl (C=O) groups excluding carboxylic acids is 3. The zero-order valence-electron chi connectivity index (χ0n) is 18.5. The number of nitrogens with zero attached hydrogens (tertiary/aromatic N) is 1. The fraction of sp³-hybridized carbons (Fsp3) is 0.409. The normalized spacial score (nSPS) is 30.6. The number of anilines is 2. The van der Waals surface area contributed by atoms with Crippen LogP contribution in [0.2, 0.25) is 5.02 Å². The summed E-state index contributed by atoms with van der Waals surface area (Å²) in [6.45, 7) is 1.34. The third-order valence-electron chi connectivity index (χ3n) is 7.15. The molecule has 1 amide bonds. The fourth-order valence-corrected chi connectivity index (χ4v) is 5.86. The summed E-state index contributed by atoms with van der Waals surface area (Å²) in [6.07, 6.45) is -0.752. The summed E-state index contributed by atoms with van der Waals surface area (Å²) in [4.78, 5) is 39.3. The number of aromatic hydroxyl groups is 1. The van der Waals surface area contributed by atoms with E-state index >= 15 is 0 Å². The molecule has 1 saturated carbocycles. The van der Waals surface area contributed by atoms with Gasteiger partial charge in [0.05, 0.1) is 27.6 Å². The van der Waals surface area contributed by atoms with Crippen LogP contribution >= 0.6 is 11.6 Å². The van der Waals surface area contributed by atoms with Crippen LogP contribution in [-0.4, -0.2) is 62.7 Å². The van der Waals surface area contributed by atoms with Crippen molar-refractivity contribution < 1.29 is 39.9 Å². The third-order valence-corrected chi connectivity index (χ3v) is 7.53. The number of rotatable bonds is 2. The van der Waals surface area contributed by atoms with Crippen molar-refractivity contribution in [1.82, 2.24) is 0 Å². The zero-order chi connectivity index (χ0) is 25.7. The molecule has 9 N–H and O–H groups in total.